The summed E-state index contributed by atoms with van der Waals surface area (Å²) in [5.74, 6) is 0.169. The van der Waals surface area contributed by atoms with Gasteiger partial charge >= 0.3 is 29.2 Å². The Labute approximate surface area is 137 Å². The van der Waals surface area contributed by atoms with Crippen molar-refractivity contribution in [3.63, 3.8) is 0 Å². The first kappa shape index (κ1) is 28.8. The minimum absolute atomic E-state index is 0.169. The number of phosphoric acid groups is 3. The van der Waals surface area contributed by atoms with Crippen LogP contribution in [0.2, 0.25) is 0 Å². The molecule has 0 aliphatic carbocycles. The minimum atomic E-state index is -4.64. The zero-order valence-corrected chi connectivity index (χ0v) is 14.4. The molecule has 0 bridgehead atoms. The fourth-order valence-electron chi connectivity index (χ4n) is 0.560. The standard InChI is InChI=1S/C5H7N3O2.3H3O4P/c6-4-3(2-9)1-7-5(10)8-4;3*1-5(2,3)4/h1,9H,2H2,(H3,6,7,8,10);3*(H3,1,2,3,4). The number of hydrogen-bond donors (Lipinski definition) is 12. The fourth-order valence-corrected chi connectivity index (χ4v) is 0.560. The summed E-state index contributed by atoms with van der Waals surface area (Å²) in [6.45, 7) is -0.213. The normalized spacial score (nSPS) is 11.0. The van der Waals surface area contributed by atoms with Crippen molar-refractivity contribution in [3.8, 4) is 0 Å². The maximum absolute atomic E-state index is 10.4. The van der Waals surface area contributed by atoms with E-state index in [1.807, 2.05) is 0 Å². The minimum Gasteiger partial charge on any atom is -0.391 e. The molecule has 20 heteroatoms. The van der Waals surface area contributed by atoms with E-state index in [0.29, 0.717) is 5.56 Å². The Morgan fingerprint density at radius 1 is 0.880 bits per heavy atom. The largest absolute Gasteiger partial charge is 0.466 e. The molecule has 17 nitrogen and oxygen atoms in total. The number of rotatable bonds is 1. The third kappa shape index (κ3) is 51.8. The lowest BCUT2D eigenvalue weighted by atomic mass is 10.3. The highest BCUT2D eigenvalue weighted by Gasteiger charge is 2.01. The van der Waals surface area contributed by atoms with Crippen LogP contribution in [0, 0.1) is 0 Å². The van der Waals surface area contributed by atoms with Crippen molar-refractivity contribution in [2.24, 2.45) is 0 Å². The first-order valence-electron chi connectivity index (χ1n) is 5.03. The van der Waals surface area contributed by atoms with Gasteiger partial charge in [-0.2, -0.15) is 0 Å². The summed E-state index contributed by atoms with van der Waals surface area (Å²) in [6, 6.07) is 0. The van der Waals surface area contributed by atoms with Crippen LogP contribution in [-0.2, 0) is 20.3 Å². The van der Waals surface area contributed by atoms with Crippen molar-refractivity contribution in [1.82, 2.24) is 9.97 Å². The molecule has 0 radical (unpaired) electrons. The monoisotopic (exact) mass is 435 g/mol. The molecule has 0 spiro atoms. The average molecular weight is 435 g/mol. The fraction of sp³-hybridized carbons (Fsp3) is 0.200. The van der Waals surface area contributed by atoms with Gasteiger partial charge in [0, 0.05) is 11.8 Å². The molecule has 0 aliphatic rings. The third-order valence-electron chi connectivity index (χ3n) is 1.10. The zero-order valence-electron chi connectivity index (χ0n) is 11.8. The summed E-state index contributed by atoms with van der Waals surface area (Å²) < 4.78 is 26.6. The number of nitrogens with zero attached hydrogens (tertiary/aromatic N) is 1. The molecule has 0 unspecified atom stereocenters. The molecule has 0 saturated heterocycles. The number of aliphatic hydroxyl groups excluding tert-OH is 1. The van der Waals surface area contributed by atoms with Crippen molar-refractivity contribution in [1.29, 1.82) is 0 Å². The number of nitrogens with two attached hydrogens (primary N) is 1. The van der Waals surface area contributed by atoms with E-state index in [-0.39, 0.29) is 12.4 Å². The lowest BCUT2D eigenvalue weighted by Crippen LogP contribution is -2.13. The number of aromatic amines is 1. The predicted molar refractivity (Wildman–Crippen MR) is 78.0 cm³/mol. The number of anilines is 1. The first-order valence-corrected chi connectivity index (χ1v) is 9.73. The molecule has 1 aromatic rings. The molecular formula is C5H16N3O14P3. The van der Waals surface area contributed by atoms with Crippen LogP contribution in [0.15, 0.2) is 11.0 Å². The van der Waals surface area contributed by atoms with E-state index >= 15 is 0 Å². The highest BCUT2D eigenvalue weighted by Crippen LogP contribution is 2.26. The summed E-state index contributed by atoms with van der Waals surface area (Å²) in [4.78, 5) is 80.7. The van der Waals surface area contributed by atoms with Crippen LogP contribution in [0.5, 0.6) is 0 Å². The number of hydrogen-bond acceptors (Lipinski definition) is 7. The number of nitrogen functional groups attached to an aromatic ring is 1. The molecule has 150 valence electrons. The summed E-state index contributed by atoms with van der Waals surface area (Å²) in [7, 11) is -13.9. The van der Waals surface area contributed by atoms with E-state index in [1.54, 1.807) is 0 Å². The van der Waals surface area contributed by atoms with Crippen molar-refractivity contribution in [2.75, 3.05) is 5.73 Å². The van der Waals surface area contributed by atoms with Crippen LogP contribution in [0.4, 0.5) is 5.82 Å². The van der Waals surface area contributed by atoms with Gasteiger partial charge in [-0.1, -0.05) is 0 Å². The van der Waals surface area contributed by atoms with Gasteiger partial charge in [-0.3, -0.25) is 4.98 Å². The Balaban J connectivity index is -0.000000279. The first-order chi connectivity index (χ1) is 10.7. The van der Waals surface area contributed by atoms with Crippen molar-refractivity contribution in [2.45, 2.75) is 6.61 Å². The maximum Gasteiger partial charge on any atom is 0.466 e. The second kappa shape index (κ2) is 12.3. The molecule has 0 saturated carbocycles. The molecule has 25 heavy (non-hydrogen) atoms. The number of aromatic nitrogens is 2. The van der Waals surface area contributed by atoms with Crippen molar-refractivity contribution >= 4 is 29.3 Å². The topological polar surface area (TPSA) is 325 Å². The molecule has 0 aromatic carbocycles. The van der Waals surface area contributed by atoms with Gasteiger partial charge in [-0.05, 0) is 0 Å². The predicted octanol–water partition coefficient (Wildman–Crippen LogP) is -3.94. The Morgan fingerprint density at radius 2 is 1.16 bits per heavy atom. The van der Waals surface area contributed by atoms with E-state index in [1.165, 1.54) is 6.20 Å². The smallest absolute Gasteiger partial charge is 0.391 e. The van der Waals surface area contributed by atoms with Crippen LogP contribution < -0.4 is 11.4 Å². The SMILES string of the molecule is Nc1[nH]c(=O)ncc1CO.O=P(O)(O)O.O=P(O)(O)O.O=P(O)(O)O. The molecule has 1 rings (SSSR count). The lowest BCUT2D eigenvalue weighted by molar-refractivity contribution is 0.272. The van der Waals surface area contributed by atoms with E-state index < -0.39 is 29.2 Å². The lowest BCUT2D eigenvalue weighted by Gasteiger charge is -1.97. The highest BCUT2D eigenvalue weighted by atomic mass is 31.2. The van der Waals surface area contributed by atoms with Gasteiger partial charge in [0.15, 0.2) is 0 Å². The number of aliphatic hydroxyl groups is 1. The second-order valence-corrected chi connectivity index (χ2v) is 6.40. The number of H-pyrrole nitrogens is 1. The van der Waals surface area contributed by atoms with Crippen molar-refractivity contribution < 1.29 is 62.8 Å². The van der Waals surface area contributed by atoms with Gasteiger partial charge < -0.3 is 54.9 Å². The van der Waals surface area contributed by atoms with Crippen LogP contribution in [0.1, 0.15) is 5.56 Å². The van der Waals surface area contributed by atoms with Crippen molar-refractivity contribution in [3.05, 3.63) is 22.2 Å². The van der Waals surface area contributed by atoms with Crippen LogP contribution in [0.25, 0.3) is 0 Å². The molecule has 0 fully saturated rings. The van der Waals surface area contributed by atoms with Gasteiger partial charge in [-0.25, -0.2) is 23.5 Å². The quantitative estimate of drug-likeness (QED) is 0.187. The van der Waals surface area contributed by atoms with E-state index in [0.717, 1.165) is 0 Å². The molecule has 0 amide bonds. The summed E-state index contributed by atoms with van der Waals surface area (Å²) >= 11 is 0. The highest BCUT2D eigenvalue weighted by molar-refractivity contribution is 7.45. The van der Waals surface area contributed by atoms with Gasteiger partial charge in [0.05, 0.1) is 6.61 Å². The second-order valence-electron chi connectivity index (χ2n) is 3.33. The van der Waals surface area contributed by atoms with Gasteiger partial charge in [-0.15, -0.1) is 0 Å². The summed E-state index contributed by atoms with van der Waals surface area (Å²) in [6.07, 6.45) is 1.24. The van der Waals surface area contributed by atoms with Gasteiger partial charge in [0.25, 0.3) is 0 Å². The molecule has 13 N–H and O–H groups in total. The maximum atomic E-state index is 10.4. The Hall–Kier alpha value is -1.03. The van der Waals surface area contributed by atoms with E-state index in [9.17, 15) is 4.79 Å². The molecule has 0 aliphatic heterocycles. The Morgan fingerprint density at radius 3 is 1.36 bits per heavy atom. The molecule has 1 heterocycles. The van der Waals surface area contributed by atoms with E-state index in [4.69, 9.17) is 68.6 Å². The Bertz CT molecular complexity index is 613. The zero-order chi connectivity index (χ0) is 21.1. The van der Waals surface area contributed by atoms with E-state index in [2.05, 4.69) is 9.97 Å². The molecular weight excluding hydrogens is 419 g/mol. The van der Waals surface area contributed by atoms with Crippen LogP contribution in [0.3, 0.4) is 0 Å². The Kier molecular flexibility index (Phi) is 14.2. The molecule has 1 aromatic heterocycles. The number of nitrogens with one attached hydrogen (secondary N) is 1. The van der Waals surface area contributed by atoms with Gasteiger partial charge in [0.2, 0.25) is 0 Å². The van der Waals surface area contributed by atoms with Crippen LogP contribution in [-0.4, -0.2) is 59.1 Å². The molecule has 0 atom stereocenters. The summed E-state index contributed by atoms with van der Waals surface area (Å²) in [5, 5.41) is 8.57. The third-order valence-corrected chi connectivity index (χ3v) is 1.10. The summed E-state index contributed by atoms with van der Waals surface area (Å²) in [5.41, 5.74) is 5.20. The van der Waals surface area contributed by atoms with Gasteiger partial charge in [0.1, 0.15) is 5.82 Å². The average Bonchev–Trinajstić information content (AvgIpc) is 2.21. The van der Waals surface area contributed by atoms with Crippen LogP contribution >= 0.6 is 23.5 Å².